The monoisotopic (exact) mass is 321 g/mol. The zero-order chi connectivity index (χ0) is 12.6. The van der Waals surface area contributed by atoms with Crippen molar-refractivity contribution in [2.24, 2.45) is 11.7 Å². The van der Waals surface area contributed by atoms with Crippen LogP contribution < -0.4 is 5.73 Å². The Hall–Kier alpha value is -0.160. The molecule has 1 aliphatic rings. The fraction of sp³-hybridized carbons (Fsp3) is 0.500. The van der Waals surface area contributed by atoms with Crippen LogP contribution in [0.1, 0.15) is 24.9 Å². The maximum absolute atomic E-state index is 14.0. The molecule has 3 unspecified atom stereocenters. The topological polar surface area (TPSA) is 35.2 Å². The van der Waals surface area contributed by atoms with Crippen molar-refractivity contribution in [1.82, 2.24) is 0 Å². The lowest BCUT2D eigenvalue weighted by molar-refractivity contribution is 0.118. The van der Waals surface area contributed by atoms with Crippen LogP contribution in [0.15, 0.2) is 16.6 Å². The summed E-state index contributed by atoms with van der Waals surface area (Å²) >= 11 is 9.04. The van der Waals surface area contributed by atoms with Crippen LogP contribution in [0.2, 0.25) is 5.02 Å². The summed E-state index contributed by atoms with van der Waals surface area (Å²) in [7, 11) is 0. The Morgan fingerprint density at radius 1 is 1.59 bits per heavy atom. The highest BCUT2D eigenvalue weighted by Crippen LogP contribution is 2.35. The second kappa shape index (κ2) is 5.22. The van der Waals surface area contributed by atoms with Gasteiger partial charge in [-0.1, -0.05) is 17.7 Å². The van der Waals surface area contributed by atoms with Crippen molar-refractivity contribution >= 4 is 27.5 Å². The average molecular weight is 323 g/mol. The molecule has 1 aromatic carbocycles. The lowest BCUT2D eigenvalue weighted by Gasteiger charge is -2.19. The molecule has 0 amide bonds. The molecule has 1 aliphatic heterocycles. The van der Waals surface area contributed by atoms with Crippen LogP contribution in [0, 0.1) is 11.7 Å². The predicted molar refractivity (Wildman–Crippen MR) is 69.6 cm³/mol. The second-order valence-corrected chi connectivity index (χ2v) is 5.66. The van der Waals surface area contributed by atoms with E-state index in [4.69, 9.17) is 22.1 Å². The molecular weight excluding hydrogens is 308 g/mol. The molecule has 2 nitrogen and oxygen atoms in total. The number of hydrogen-bond acceptors (Lipinski definition) is 2. The minimum absolute atomic E-state index is 0.0879. The van der Waals surface area contributed by atoms with Crippen LogP contribution in [0.3, 0.4) is 0 Å². The van der Waals surface area contributed by atoms with Crippen LogP contribution in [-0.4, -0.2) is 12.7 Å². The lowest BCUT2D eigenvalue weighted by Crippen LogP contribution is -2.23. The van der Waals surface area contributed by atoms with Gasteiger partial charge in [0.2, 0.25) is 0 Å². The first kappa shape index (κ1) is 13.3. The number of hydrogen-bond donors (Lipinski definition) is 1. The lowest BCUT2D eigenvalue weighted by atomic mass is 9.91. The second-order valence-electron chi connectivity index (χ2n) is 4.43. The van der Waals surface area contributed by atoms with Gasteiger partial charge in [-0.15, -0.1) is 0 Å². The molecule has 1 heterocycles. The number of nitrogens with two attached hydrogens (primary N) is 1. The van der Waals surface area contributed by atoms with Gasteiger partial charge in [-0.2, -0.15) is 0 Å². The Bertz CT molecular complexity index is 429. The van der Waals surface area contributed by atoms with Gasteiger partial charge < -0.3 is 10.5 Å². The molecule has 1 fully saturated rings. The summed E-state index contributed by atoms with van der Waals surface area (Å²) in [4.78, 5) is 0. The molecule has 2 N–H and O–H groups in total. The van der Waals surface area contributed by atoms with Gasteiger partial charge in [0.05, 0.1) is 17.7 Å². The summed E-state index contributed by atoms with van der Waals surface area (Å²) in [6, 6.07) is 3.03. The van der Waals surface area contributed by atoms with Gasteiger partial charge in [0.15, 0.2) is 0 Å². The van der Waals surface area contributed by atoms with E-state index in [1.54, 1.807) is 12.1 Å². The standard InChI is InChI=1S/C12H14BrClFNO/c1-6-4-7(5-17-6)12(16)8-2-3-9(13)10(14)11(8)15/h2-3,6-7,12H,4-5,16H2,1H3. The maximum atomic E-state index is 14.0. The van der Waals surface area contributed by atoms with Crippen molar-refractivity contribution in [3.05, 3.63) is 33.0 Å². The van der Waals surface area contributed by atoms with Crippen LogP contribution in [0.5, 0.6) is 0 Å². The van der Waals surface area contributed by atoms with E-state index in [1.807, 2.05) is 6.92 Å². The van der Waals surface area contributed by atoms with E-state index in [9.17, 15) is 4.39 Å². The highest BCUT2D eigenvalue weighted by Gasteiger charge is 2.30. The molecule has 5 heteroatoms. The summed E-state index contributed by atoms with van der Waals surface area (Å²) in [5.41, 5.74) is 6.55. The minimum atomic E-state index is -0.437. The fourth-order valence-electron chi connectivity index (χ4n) is 2.15. The molecule has 0 aliphatic carbocycles. The number of ether oxygens (including phenoxy) is 1. The zero-order valence-electron chi connectivity index (χ0n) is 9.42. The van der Waals surface area contributed by atoms with Crippen LogP contribution >= 0.6 is 27.5 Å². The number of rotatable bonds is 2. The van der Waals surface area contributed by atoms with Crippen molar-refractivity contribution in [2.45, 2.75) is 25.5 Å². The summed E-state index contributed by atoms with van der Waals surface area (Å²) in [5.74, 6) is -0.287. The van der Waals surface area contributed by atoms with Crippen molar-refractivity contribution in [1.29, 1.82) is 0 Å². The van der Waals surface area contributed by atoms with E-state index in [0.29, 0.717) is 16.6 Å². The third kappa shape index (κ3) is 2.65. The Morgan fingerprint density at radius 2 is 2.29 bits per heavy atom. The van der Waals surface area contributed by atoms with Crippen LogP contribution in [0.4, 0.5) is 4.39 Å². The number of halogens is 3. The molecule has 0 saturated carbocycles. The van der Waals surface area contributed by atoms with Crippen LogP contribution in [-0.2, 0) is 4.74 Å². The van der Waals surface area contributed by atoms with Crippen molar-refractivity contribution < 1.29 is 9.13 Å². The zero-order valence-corrected chi connectivity index (χ0v) is 11.8. The van der Waals surface area contributed by atoms with E-state index < -0.39 is 5.82 Å². The largest absolute Gasteiger partial charge is 0.378 e. The van der Waals surface area contributed by atoms with Gasteiger partial charge in [0.25, 0.3) is 0 Å². The summed E-state index contributed by atoms with van der Waals surface area (Å²) in [6.45, 7) is 2.58. The van der Waals surface area contributed by atoms with Crippen LogP contribution in [0.25, 0.3) is 0 Å². The molecule has 0 aromatic heterocycles. The van der Waals surface area contributed by atoms with Gasteiger partial charge in [0.1, 0.15) is 5.82 Å². The van der Waals surface area contributed by atoms with Gasteiger partial charge >= 0.3 is 0 Å². The molecule has 17 heavy (non-hydrogen) atoms. The van der Waals surface area contributed by atoms with Crippen molar-refractivity contribution in [3.8, 4) is 0 Å². The predicted octanol–water partition coefficient (Wildman–Crippen LogP) is 3.67. The highest BCUT2D eigenvalue weighted by molar-refractivity contribution is 9.10. The SMILES string of the molecule is CC1CC(C(N)c2ccc(Br)c(Cl)c2F)CO1. The van der Waals surface area contributed by atoms with Gasteiger partial charge in [0, 0.05) is 22.0 Å². The maximum Gasteiger partial charge on any atom is 0.147 e. The van der Waals surface area contributed by atoms with E-state index in [-0.39, 0.29) is 23.1 Å². The Labute approximate surface area is 113 Å². The van der Waals surface area contributed by atoms with Gasteiger partial charge in [-0.25, -0.2) is 4.39 Å². The van der Waals surface area contributed by atoms with Crippen molar-refractivity contribution in [2.75, 3.05) is 6.61 Å². The average Bonchev–Trinajstić information content (AvgIpc) is 2.72. The highest BCUT2D eigenvalue weighted by atomic mass is 79.9. The fourth-order valence-corrected chi connectivity index (χ4v) is 2.63. The first-order valence-electron chi connectivity index (χ1n) is 5.51. The molecule has 3 atom stereocenters. The third-order valence-corrected chi connectivity index (χ3v) is 4.42. The normalized spacial score (nSPS) is 26.2. The smallest absolute Gasteiger partial charge is 0.147 e. The summed E-state index contributed by atoms with van der Waals surface area (Å²) in [6.07, 6.45) is 1.05. The molecule has 1 saturated heterocycles. The van der Waals surface area contributed by atoms with E-state index >= 15 is 0 Å². The Morgan fingerprint density at radius 3 is 2.88 bits per heavy atom. The molecule has 1 aromatic rings. The molecule has 94 valence electrons. The van der Waals surface area contributed by atoms with Gasteiger partial charge in [-0.05, 0) is 35.3 Å². The Kier molecular flexibility index (Phi) is 4.08. The third-order valence-electron chi connectivity index (χ3n) is 3.16. The van der Waals surface area contributed by atoms with E-state index in [0.717, 1.165) is 6.42 Å². The van der Waals surface area contributed by atoms with Crippen molar-refractivity contribution in [3.63, 3.8) is 0 Å². The molecule has 0 radical (unpaired) electrons. The molecule has 0 bridgehead atoms. The first-order valence-corrected chi connectivity index (χ1v) is 6.68. The summed E-state index contributed by atoms with van der Waals surface area (Å²) in [5, 5.41) is 0.0879. The number of benzene rings is 1. The Balaban J connectivity index is 2.25. The molecule has 2 rings (SSSR count). The minimum Gasteiger partial charge on any atom is -0.378 e. The molecular formula is C12H14BrClFNO. The van der Waals surface area contributed by atoms with E-state index in [2.05, 4.69) is 15.9 Å². The van der Waals surface area contributed by atoms with E-state index in [1.165, 1.54) is 0 Å². The summed E-state index contributed by atoms with van der Waals surface area (Å²) < 4.78 is 20.0. The first-order chi connectivity index (χ1) is 8.00. The quantitative estimate of drug-likeness (QED) is 0.843. The molecule has 0 spiro atoms. The van der Waals surface area contributed by atoms with Gasteiger partial charge in [-0.3, -0.25) is 0 Å².